The van der Waals surface area contributed by atoms with Gasteiger partial charge in [-0.05, 0) is 18.1 Å². The Balaban J connectivity index is 1.74. The Morgan fingerprint density at radius 3 is 2.70 bits per heavy atom. The first-order valence-corrected chi connectivity index (χ1v) is 10.5. The Hall–Kier alpha value is -3.85. The van der Waals surface area contributed by atoms with Gasteiger partial charge in [0.05, 0.1) is 23.6 Å². The largest absolute Gasteiger partial charge is 0.547 e. The monoisotopic (exact) mass is 477 g/mol. The van der Waals surface area contributed by atoms with E-state index in [0.717, 1.165) is 11.3 Å². The van der Waals surface area contributed by atoms with Crippen LogP contribution in [0.3, 0.4) is 0 Å². The van der Waals surface area contributed by atoms with Gasteiger partial charge in [-0.25, -0.2) is 14.6 Å². The van der Waals surface area contributed by atoms with Crippen LogP contribution in [0.2, 0.25) is 0 Å². The second-order valence-corrected chi connectivity index (χ2v) is 7.90. The lowest BCUT2D eigenvalue weighted by Gasteiger charge is -2.30. The van der Waals surface area contributed by atoms with Crippen LogP contribution in [0.1, 0.15) is 34.1 Å². The molecule has 8 N–H and O–H groups in total. The molecule has 1 aromatic carbocycles. The highest BCUT2D eigenvalue weighted by molar-refractivity contribution is 7.13. The van der Waals surface area contributed by atoms with Crippen LogP contribution in [-0.4, -0.2) is 63.7 Å². The number of aromatic nitrogens is 1. The molecule has 2 aromatic rings. The van der Waals surface area contributed by atoms with Gasteiger partial charge in [0.15, 0.2) is 11.2 Å². The Labute approximate surface area is 191 Å². The Morgan fingerprint density at radius 2 is 2.06 bits per heavy atom. The van der Waals surface area contributed by atoms with Crippen molar-refractivity contribution in [1.29, 1.82) is 0 Å². The minimum atomic E-state index is -1.55. The first-order chi connectivity index (χ1) is 15.7. The zero-order valence-electron chi connectivity index (χ0n) is 17.0. The van der Waals surface area contributed by atoms with E-state index in [4.69, 9.17) is 15.5 Å². The highest BCUT2D eigenvalue weighted by Crippen LogP contribution is 2.30. The Kier molecular flexibility index (Phi) is 7.35. The third-order valence-corrected chi connectivity index (χ3v) is 5.37. The number of anilines is 1. The molecule has 0 aliphatic carbocycles. The van der Waals surface area contributed by atoms with E-state index in [1.54, 1.807) is 6.07 Å². The molecule has 33 heavy (non-hydrogen) atoms. The first-order valence-electron chi connectivity index (χ1n) is 9.63. The molecule has 3 amide bonds. The maximum atomic E-state index is 13.0. The standard InChI is InChI=1S/C18H20BN5O8S/c20-17-22-10(7-33-17)13(24-18(30)21-5-4-12(25)26)15(27)23-11-6-8-2-1-3-9(16(28)29)14(8)32-19(11)31/h1-3,7,11,13,31H,4-6H2,(H2,20,22)(H,23,27)(H,25,26)(H,28,29)(H2,21,24,30)/t11-,13?/m0/s1. The van der Waals surface area contributed by atoms with E-state index >= 15 is 0 Å². The number of carboxylic acid groups (broad SMARTS) is 2. The number of aliphatic carboxylic acids is 1. The molecule has 2 atom stereocenters. The molecule has 1 aliphatic heterocycles. The third-order valence-electron chi connectivity index (χ3n) is 4.67. The average Bonchev–Trinajstić information content (AvgIpc) is 3.17. The third kappa shape index (κ3) is 5.90. The van der Waals surface area contributed by atoms with E-state index in [2.05, 4.69) is 20.9 Å². The number of hydrogen-bond acceptors (Lipinski definition) is 9. The summed E-state index contributed by atoms with van der Waals surface area (Å²) in [5.41, 5.74) is 6.13. The van der Waals surface area contributed by atoms with Crippen LogP contribution in [-0.2, 0) is 16.0 Å². The number of nitrogens with two attached hydrogens (primary N) is 1. The van der Waals surface area contributed by atoms with Crippen molar-refractivity contribution in [2.45, 2.75) is 24.8 Å². The number of nitrogens with one attached hydrogen (secondary N) is 3. The number of benzene rings is 1. The molecule has 0 bridgehead atoms. The highest BCUT2D eigenvalue weighted by atomic mass is 32.1. The predicted molar refractivity (Wildman–Crippen MR) is 116 cm³/mol. The van der Waals surface area contributed by atoms with Gasteiger partial charge in [-0.1, -0.05) is 12.1 Å². The fraction of sp³-hybridized carbons (Fsp3) is 0.278. The van der Waals surface area contributed by atoms with E-state index in [1.807, 2.05) is 0 Å². The maximum Gasteiger partial charge on any atom is 0.547 e. The van der Waals surface area contributed by atoms with Crippen LogP contribution in [0.4, 0.5) is 9.93 Å². The highest BCUT2D eigenvalue weighted by Gasteiger charge is 2.39. The lowest BCUT2D eigenvalue weighted by Crippen LogP contribution is -2.56. The number of para-hydroxylation sites is 1. The van der Waals surface area contributed by atoms with Gasteiger partial charge in [-0.2, -0.15) is 0 Å². The molecule has 13 nitrogen and oxygen atoms in total. The molecule has 0 fully saturated rings. The molecule has 174 valence electrons. The van der Waals surface area contributed by atoms with Gasteiger partial charge in [0.1, 0.15) is 5.75 Å². The molecule has 1 aliphatic rings. The molecule has 0 saturated carbocycles. The maximum absolute atomic E-state index is 13.0. The van der Waals surface area contributed by atoms with Crippen molar-refractivity contribution in [3.8, 4) is 5.75 Å². The average molecular weight is 477 g/mol. The quantitative estimate of drug-likeness (QED) is 0.239. The van der Waals surface area contributed by atoms with Crippen molar-refractivity contribution in [3.63, 3.8) is 0 Å². The van der Waals surface area contributed by atoms with Crippen LogP contribution in [0.15, 0.2) is 23.6 Å². The second kappa shape index (κ2) is 10.2. The van der Waals surface area contributed by atoms with Crippen molar-refractivity contribution in [3.05, 3.63) is 40.4 Å². The van der Waals surface area contributed by atoms with E-state index in [-0.39, 0.29) is 41.5 Å². The van der Waals surface area contributed by atoms with Crippen molar-refractivity contribution >= 4 is 47.5 Å². The van der Waals surface area contributed by atoms with Crippen LogP contribution >= 0.6 is 11.3 Å². The van der Waals surface area contributed by atoms with Crippen LogP contribution in [0, 0.1) is 0 Å². The van der Waals surface area contributed by atoms with Gasteiger partial charge < -0.3 is 41.6 Å². The number of urea groups is 1. The summed E-state index contributed by atoms with van der Waals surface area (Å²) in [6, 6.07) is 2.36. The topological polar surface area (TPSA) is 213 Å². The fourth-order valence-electron chi connectivity index (χ4n) is 3.15. The fourth-order valence-corrected chi connectivity index (χ4v) is 3.74. The summed E-state index contributed by atoms with van der Waals surface area (Å²) in [5.74, 6) is -4.00. The minimum Gasteiger partial charge on any atom is -0.534 e. The van der Waals surface area contributed by atoms with Gasteiger partial charge in [-0.3, -0.25) is 9.59 Å². The Bertz CT molecular complexity index is 1080. The molecule has 1 unspecified atom stereocenters. The van der Waals surface area contributed by atoms with Crippen LogP contribution < -0.4 is 26.3 Å². The summed E-state index contributed by atoms with van der Waals surface area (Å²) in [6.07, 6.45) is -0.239. The van der Waals surface area contributed by atoms with E-state index < -0.39 is 43.0 Å². The molecule has 0 radical (unpaired) electrons. The first kappa shape index (κ1) is 23.8. The van der Waals surface area contributed by atoms with Crippen LogP contribution in [0.5, 0.6) is 5.75 Å². The van der Waals surface area contributed by atoms with Gasteiger partial charge in [0.25, 0.3) is 0 Å². The van der Waals surface area contributed by atoms with E-state index in [0.29, 0.717) is 5.56 Å². The normalized spacial score (nSPS) is 15.5. The molecule has 2 heterocycles. The number of fused-ring (bicyclic) bond motifs is 1. The zero-order valence-corrected chi connectivity index (χ0v) is 17.8. The lowest BCUT2D eigenvalue weighted by atomic mass is 9.72. The van der Waals surface area contributed by atoms with Crippen molar-refractivity contribution in [2.75, 3.05) is 12.3 Å². The molecule has 0 saturated heterocycles. The van der Waals surface area contributed by atoms with Crippen LogP contribution in [0.25, 0.3) is 0 Å². The SMILES string of the molecule is Nc1nc(C(NC(=O)NCCC(=O)O)C(=O)N[C@H]2Cc3cccc(C(=O)O)c3OB2O)cs1. The van der Waals surface area contributed by atoms with Crippen molar-refractivity contribution in [2.24, 2.45) is 0 Å². The number of thiazole rings is 1. The molecule has 1 aromatic heterocycles. The molecule has 0 spiro atoms. The Morgan fingerprint density at radius 1 is 1.30 bits per heavy atom. The number of carbonyl (C=O) groups excluding carboxylic acids is 2. The van der Waals surface area contributed by atoms with E-state index in [1.165, 1.54) is 17.5 Å². The number of carbonyl (C=O) groups is 4. The number of amides is 3. The summed E-state index contributed by atoms with van der Waals surface area (Å²) in [5, 5.41) is 37.2. The minimum absolute atomic E-state index is 0.0164. The number of carboxylic acids is 2. The summed E-state index contributed by atoms with van der Waals surface area (Å²) < 4.78 is 5.36. The summed E-state index contributed by atoms with van der Waals surface area (Å²) in [4.78, 5) is 51.1. The predicted octanol–water partition coefficient (Wildman–Crippen LogP) is -0.622. The van der Waals surface area contributed by atoms with Gasteiger partial charge >= 0.3 is 25.1 Å². The number of rotatable bonds is 8. The van der Waals surface area contributed by atoms with Gasteiger partial charge in [0.2, 0.25) is 5.91 Å². The van der Waals surface area contributed by atoms with Gasteiger partial charge in [0, 0.05) is 11.9 Å². The smallest absolute Gasteiger partial charge is 0.534 e. The molecular weight excluding hydrogens is 457 g/mol. The molecule has 15 heteroatoms. The number of nitrogen functional groups attached to an aromatic ring is 1. The zero-order chi connectivity index (χ0) is 24.1. The lowest BCUT2D eigenvalue weighted by molar-refractivity contribution is -0.136. The van der Waals surface area contributed by atoms with Gasteiger partial charge in [-0.15, -0.1) is 11.3 Å². The van der Waals surface area contributed by atoms with Crippen molar-refractivity contribution < 1.29 is 39.1 Å². The number of hydrogen-bond donors (Lipinski definition) is 7. The summed E-state index contributed by atoms with van der Waals surface area (Å²) in [6.45, 7) is -0.160. The molecular formula is C18H20BN5O8S. The summed E-state index contributed by atoms with van der Waals surface area (Å²) in [7, 11) is -1.55. The summed E-state index contributed by atoms with van der Waals surface area (Å²) >= 11 is 1.05. The number of nitrogens with zero attached hydrogens (tertiary/aromatic N) is 1. The second-order valence-electron chi connectivity index (χ2n) is 7.01. The van der Waals surface area contributed by atoms with Crippen molar-refractivity contribution in [1.82, 2.24) is 20.9 Å². The molecule has 3 rings (SSSR count). The number of aromatic carboxylic acids is 1. The van der Waals surface area contributed by atoms with E-state index in [9.17, 15) is 29.3 Å².